The Hall–Kier alpha value is -1.46. The van der Waals surface area contributed by atoms with Crippen LogP contribution in [0.5, 0.6) is 5.75 Å². The average molecular weight is 295 g/mol. The molecule has 1 fully saturated rings. The van der Waals surface area contributed by atoms with Crippen LogP contribution in [0, 0.1) is 11.7 Å². The number of hydrogen-bond acceptors (Lipinski definition) is 4. The molecule has 5 heteroatoms. The van der Waals surface area contributed by atoms with E-state index in [1.165, 1.54) is 19.2 Å². The topological polar surface area (TPSA) is 49.8 Å². The van der Waals surface area contributed by atoms with Crippen LogP contribution >= 0.6 is 0 Å². The van der Waals surface area contributed by atoms with Crippen molar-refractivity contribution in [3.8, 4) is 5.75 Å². The summed E-state index contributed by atoms with van der Waals surface area (Å²) in [4.78, 5) is 14.4. The fraction of sp³-hybridized carbons (Fsp3) is 0.562. The number of aliphatic hydroxyl groups excluding tert-OH is 1. The van der Waals surface area contributed by atoms with E-state index in [0.29, 0.717) is 18.2 Å². The lowest BCUT2D eigenvalue weighted by Crippen LogP contribution is -2.36. The number of benzene rings is 1. The fourth-order valence-electron chi connectivity index (χ4n) is 2.72. The molecule has 1 aliphatic heterocycles. The number of piperidine rings is 1. The van der Waals surface area contributed by atoms with Gasteiger partial charge in [0.2, 0.25) is 0 Å². The fourth-order valence-corrected chi connectivity index (χ4v) is 2.72. The largest absolute Gasteiger partial charge is 0.496 e. The van der Waals surface area contributed by atoms with Gasteiger partial charge < -0.3 is 14.7 Å². The molecule has 0 saturated carbocycles. The molecule has 1 N–H and O–H groups in total. The number of halogens is 1. The minimum Gasteiger partial charge on any atom is -0.496 e. The Labute approximate surface area is 124 Å². The number of Topliss-reactive ketones (excluding diaryl/α,β-unsaturated/α-hetero) is 1. The Morgan fingerprint density at radius 3 is 2.76 bits per heavy atom. The van der Waals surface area contributed by atoms with Crippen molar-refractivity contribution in [3.63, 3.8) is 0 Å². The summed E-state index contributed by atoms with van der Waals surface area (Å²) in [6, 6.07) is 4.41. The molecule has 1 aromatic rings. The molecule has 0 aliphatic carbocycles. The van der Waals surface area contributed by atoms with Crippen molar-refractivity contribution in [3.05, 3.63) is 29.6 Å². The Morgan fingerprint density at radius 2 is 2.14 bits per heavy atom. The Morgan fingerprint density at radius 1 is 1.43 bits per heavy atom. The lowest BCUT2D eigenvalue weighted by atomic mass is 9.97. The minimum absolute atomic E-state index is 0.0465. The van der Waals surface area contributed by atoms with Crippen LogP contribution in [0.2, 0.25) is 0 Å². The van der Waals surface area contributed by atoms with Crippen LogP contribution in [0.3, 0.4) is 0 Å². The number of carbonyl (C=O) groups excluding carboxylic acids is 1. The van der Waals surface area contributed by atoms with Crippen LogP contribution in [-0.4, -0.2) is 49.1 Å². The maximum atomic E-state index is 13.8. The zero-order valence-corrected chi connectivity index (χ0v) is 12.3. The third kappa shape index (κ3) is 4.02. The van der Waals surface area contributed by atoms with Crippen LogP contribution in [0.15, 0.2) is 18.2 Å². The van der Waals surface area contributed by atoms with Crippen LogP contribution in [-0.2, 0) is 0 Å². The highest BCUT2D eigenvalue weighted by molar-refractivity contribution is 5.99. The van der Waals surface area contributed by atoms with E-state index in [-0.39, 0.29) is 24.4 Å². The lowest BCUT2D eigenvalue weighted by molar-refractivity contribution is 0.0926. The highest BCUT2D eigenvalue weighted by Gasteiger charge is 2.21. The quantitative estimate of drug-likeness (QED) is 0.817. The monoisotopic (exact) mass is 295 g/mol. The Balaban J connectivity index is 1.91. The second-order valence-corrected chi connectivity index (χ2v) is 5.46. The van der Waals surface area contributed by atoms with Gasteiger partial charge in [-0.1, -0.05) is 6.07 Å². The molecule has 0 aromatic heterocycles. The molecule has 1 aromatic carbocycles. The van der Waals surface area contributed by atoms with Crippen LogP contribution in [0.4, 0.5) is 4.39 Å². The summed E-state index contributed by atoms with van der Waals surface area (Å²) in [5.74, 6) is -0.0878. The molecule has 0 unspecified atom stereocenters. The summed E-state index contributed by atoms with van der Waals surface area (Å²) in [6.07, 6.45) is 2.18. The third-order valence-electron chi connectivity index (χ3n) is 4.09. The molecular formula is C16H22FNO3. The second kappa shape index (κ2) is 7.52. The first-order chi connectivity index (χ1) is 10.2. The van der Waals surface area contributed by atoms with E-state index in [2.05, 4.69) is 4.90 Å². The molecule has 0 atom stereocenters. The average Bonchev–Trinajstić information content (AvgIpc) is 2.52. The molecule has 0 spiro atoms. The van der Waals surface area contributed by atoms with Crippen molar-refractivity contribution in [2.24, 2.45) is 5.92 Å². The second-order valence-electron chi connectivity index (χ2n) is 5.46. The Kier molecular flexibility index (Phi) is 5.70. The van der Waals surface area contributed by atoms with E-state index >= 15 is 0 Å². The summed E-state index contributed by atoms with van der Waals surface area (Å²) in [7, 11) is 1.44. The number of hydrogen-bond donors (Lipinski definition) is 1. The molecule has 2 rings (SSSR count). The highest BCUT2D eigenvalue weighted by Crippen LogP contribution is 2.23. The number of ketones is 1. The maximum absolute atomic E-state index is 13.8. The number of carbonyl (C=O) groups is 1. The van der Waals surface area contributed by atoms with E-state index in [1.54, 1.807) is 6.07 Å². The van der Waals surface area contributed by atoms with Gasteiger partial charge >= 0.3 is 0 Å². The summed E-state index contributed by atoms with van der Waals surface area (Å²) in [6.45, 7) is 2.62. The van der Waals surface area contributed by atoms with Crippen molar-refractivity contribution >= 4 is 5.78 Å². The number of nitrogens with zero attached hydrogens (tertiary/aromatic N) is 1. The van der Waals surface area contributed by atoms with Crippen molar-refractivity contribution < 1.29 is 19.0 Å². The number of likely N-dealkylation sites (tertiary alicyclic amines) is 1. The van der Waals surface area contributed by atoms with Crippen LogP contribution in [0.1, 0.15) is 29.6 Å². The Bertz CT molecular complexity index is 484. The number of rotatable bonds is 6. The van der Waals surface area contributed by atoms with Gasteiger partial charge in [0, 0.05) is 19.6 Å². The molecule has 1 saturated heterocycles. The van der Waals surface area contributed by atoms with Crippen molar-refractivity contribution in [2.45, 2.75) is 19.3 Å². The van der Waals surface area contributed by atoms with E-state index in [1.807, 2.05) is 0 Å². The maximum Gasteiger partial charge on any atom is 0.170 e. The van der Waals surface area contributed by atoms with Crippen LogP contribution < -0.4 is 4.74 Å². The SMILES string of the molecule is COc1cccc(F)c1C(=O)CCN1CCC(CO)CC1. The first-order valence-electron chi connectivity index (χ1n) is 7.34. The smallest absolute Gasteiger partial charge is 0.170 e. The van der Waals surface area contributed by atoms with Gasteiger partial charge in [-0.3, -0.25) is 4.79 Å². The normalized spacial score (nSPS) is 16.9. The highest BCUT2D eigenvalue weighted by atomic mass is 19.1. The number of methoxy groups -OCH3 is 1. The first-order valence-corrected chi connectivity index (χ1v) is 7.34. The number of ether oxygens (including phenoxy) is 1. The predicted octanol–water partition coefficient (Wildman–Crippen LogP) is 2.11. The lowest BCUT2D eigenvalue weighted by Gasteiger charge is -2.30. The molecule has 1 aliphatic rings. The van der Waals surface area contributed by atoms with Crippen molar-refractivity contribution in [1.29, 1.82) is 0 Å². The number of aliphatic hydroxyl groups is 1. The van der Waals surface area contributed by atoms with E-state index in [4.69, 9.17) is 9.84 Å². The standard InChI is InChI=1S/C16H22FNO3/c1-21-15-4-2-3-13(17)16(15)14(20)7-10-18-8-5-12(11-19)6-9-18/h2-4,12,19H,5-11H2,1H3. The van der Waals surface area contributed by atoms with Gasteiger partial charge in [0.15, 0.2) is 5.78 Å². The first kappa shape index (κ1) is 15.9. The molecule has 21 heavy (non-hydrogen) atoms. The van der Waals surface area contributed by atoms with E-state index < -0.39 is 5.82 Å². The van der Waals surface area contributed by atoms with Gasteiger partial charge in [-0.15, -0.1) is 0 Å². The third-order valence-corrected chi connectivity index (χ3v) is 4.09. The molecule has 116 valence electrons. The summed E-state index contributed by atoms with van der Waals surface area (Å²) < 4.78 is 18.9. The predicted molar refractivity (Wildman–Crippen MR) is 78.1 cm³/mol. The van der Waals surface area contributed by atoms with Gasteiger partial charge in [0.1, 0.15) is 11.6 Å². The molecule has 0 amide bonds. The zero-order chi connectivity index (χ0) is 15.2. The molecular weight excluding hydrogens is 273 g/mol. The van der Waals surface area contributed by atoms with Gasteiger partial charge in [-0.25, -0.2) is 4.39 Å². The zero-order valence-electron chi connectivity index (χ0n) is 12.3. The van der Waals surface area contributed by atoms with E-state index in [0.717, 1.165) is 25.9 Å². The summed E-state index contributed by atoms with van der Waals surface area (Å²) in [5, 5.41) is 9.10. The molecule has 1 heterocycles. The molecule has 4 nitrogen and oxygen atoms in total. The summed E-state index contributed by atoms with van der Waals surface area (Å²) in [5.41, 5.74) is 0.0465. The van der Waals surface area contributed by atoms with E-state index in [9.17, 15) is 9.18 Å². The van der Waals surface area contributed by atoms with Gasteiger partial charge in [-0.05, 0) is 44.0 Å². The molecule has 0 radical (unpaired) electrons. The van der Waals surface area contributed by atoms with Gasteiger partial charge in [-0.2, -0.15) is 0 Å². The minimum atomic E-state index is -0.529. The van der Waals surface area contributed by atoms with Gasteiger partial charge in [0.05, 0.1) is 12.7 Å². The van der Waals surface area contributed by atoms with Crippen molar-refractivity contribution in [2.75, 3.05) is 33.4 Å². The van der Waals surface area contributed by atoms with Crippen LogP contribution in [0.25, 0.3) is 0 Å². The summed E-state index contributed by atoms with van der Waals surface area (Å²) >= 11 is 0. The van der Waals surface area contributed by atoms with Crippen molar-refractivity contribution in [1.82, 2.24) is 4.90 Å². The molecule has 0 bridgehead atoms. The van der Waals surface area contributed by atoms with Gasteiger partial charge in [0.25, 0.3) is 0 Å².